The monoisotopic (exact) mass is 238 g/mol. The number of aromatic nitrogens is 2. The fourth-order valence-electron chi connectivity index (χ4n) is 1.77. The smallest absolute Gasteiger partial charge is 0.222 e. The van der Waals surface area contributed by atoms with Gasteiger partial charge in [0.1, 0.15) is 5.82 Å². The van der Waals surface area contributed by atoms with Gasteiger partial charge in [-0.15, -0.1) is 0 Å². The number of hydrogen-bond acceptors (Lipinski definition) is 4. The summed E-state index contributed by atoms with van der Waals surface area (Å²) in [6.45, 7) is 4.11. The van der Waals surface area contributed by atoms with Crippen LogP contribution in [0.5, 0.6) is 0 Å². The van der Waals surface area contributed by atoms with Crippen molar-refractivity contribution in [3.63, 3.8) is 0 Å². The van der Waals surface area contributed by atoms with Crippen molar-refractivity contribution in [3.05, 3.63) is 35.4 Å². The van der Waals surface area contributed by atoms with E-state index in [0.717, 1.165) is 11.3 Å². The third kappa shape index (κ3) is 2.25. The molecule has 0 amide bonds. The minimum absolute atomic E-state index is 0.200. The van der Waals surface area contributed by atoms with Crippen LogP contribution >= 0.6 is 0 Å². The summed E-state index contributed by atoms with van der Waals surface area (Å²) in [4.78, 5) is 8.26. The Morgan fingerprint density at radius 2 is 2.06 bits per heavy atom. The number of aryl methyl sites for hydroxylation is 1. The highest BCUT2D eigenvalue weighted by Crippen LogP contribution is 2.25. The van der Waals surface area contributed by atoms with Crippen LogP contribution in [0, 0.1) is 26.3 Å². The molecule has 1 heterocycles. The molecule has 0 saturated heterocycles. The average Bonchev–Trinajstić information content (AvgIpc) is 2.32. The first kappa shape index (κ1) is 11.9. The van der Waals surface area contributed by atoms with Crippen molar-refractivity contribution < 1.29 is 0 Å². The Labute approximate surface area is 106 Å². The Kier molecular flexibility index (Phi) is 3.16. The zero-order valence-corrected chi connectivity index (χ0v) is 10.4. The fraction of sp³-hybridized carbons (Fsp3) is 0.143. The van der Waals surface area contributed by atoms with Crippen molar-refractivity contribution in [3.8, 4) is 23.7 Å². The molecule has 18 heavy (non-hydrogen) atoms. The summed E-state index contributed by atoms with van der Waals surface area (Å²) in [6, 6.07) is 10.2. The molecule has 0 spiro atoms. The lowest BCUT2D eigenvalue weighted by Gasteiger charge is -2.09. The molecule has 0 aliphatic carbocycles. The average molecular weight is 238 g/mol. The highest BCUT2D eigenvalue weighted by Gasteiger charge is 2.08. The highest BCUT2D eigenvalue weighted by atomic mass is 15.1. The SMILES string of the molecule is C#CNc1cc(-c2cccc(C)c2C)nc(N)n1. The Balaban J connectivity index is 2.57. The number of hydrogen-bond donors (Lipinski definition) is 2. The van der Waals surface area contributed by atoms with Crippen LogP contribution in [-0.4, -0.2) is 9.97 Å². The second-order valence-electron chi connectivity index (χ2n) is 4.01. The van der Waals surface area contributed by atoms with Gasteiger partial charge in [0.15, 0.2) is 0 Å². The Morgan fingerprint density at radius 1 is 1.28 bits per heavy atom. The standard InChI is InChI=1S/C14H14N4/c1-4-16-13-8-12(17-14(15)18-13)11-7-5-6-9(2)10(11)3/h1,5-8H,2-3H3,(H3,15,16,17,18). The Bertz CT molecular complexity index is 626. The van der Waals surface area contributed by atoms with Gasteiger partial charge in [-0.2, -0.15) is 4.98 Å². The molecule has 3 N–H and O–H groups in total. The summed E-state index contributed by atoms with van der Waals surface area (Å²) in [5.74, 6) is 0.729. The first-order valence-electron chi connectivity index (χ1n) is 5.54. The zero-order chi connectivity index (χ0) is 13.1. The van der Waals surface area contributed by atoms with Gasteiger partial charge in [0.2, 0.25) is 5.95 Å². The highest BCUT2D eigenvalue weighted by molar-refractivity contribution is 5.68. The number of nitrogens with one attached hydrogen (secondary N) is 1. The molecular weight excluding hydrogens is 224 g/mol. The minimum Gasteiger partial charge on any atom is -0.368 e. The van der Waals surface area contributed by atoms with Crippen molar-refractivity contribution in [2.45, 2.75) is 13.8 Å². The predicted molar refractivity (Wildman–Crippen MR) is 73.8 cm³/mol. The molecule has 0 saturated carbocycles. The molecule has 0 bridgehead atoms. The van der Waals surface area contributed by atoms with E-state index < -0.39 is 0 Å². The van der Waals surface area contributed by atoms with Crippen molar-refractivity contribution in [2.24, 2.45) is 0 Å². The first-order valence-corrected chi connectivity index (χ1v) is 5.54. The molecule has 0 atom stereocenters. The van der Waals surface area contributed by atoms with Gasteiger partial charge < -0.3 is 5.73 Å². The number of nitrogen functional groups attached to an aromatic ring is 1. The van der Waals surface area contributed by atoms with Crippen LogP contribution in [-0.2, 0) is 0 Å². The first-order chi connectivity index (χ1) is 8.61. The van der Waals surface area contributed by atoms with Gasteiger partial charge >= 0.3 is 0 Å². The zero-order valence-electron chi connectivity index (χ0n) is 10.4. The van der Waals surface area contributed by atoms with Gasteiger partial charge in [0.05, 0.1) is 5.69 Å². The maximum absolute atomic E-state index is 5.68. The molecule has 0 radical (unpaired) electrons. The molecule has 0 aliphatic rings. The summed E-state index contributed by atoms with van der Waals surface area (Å²) in [6.07, 6.45) is 5.19. The number of anilines is 2. The Morgan fingerprint density at radius 3 is 2.78 bits per heavy atom. The van der Waals surface area contributed by atoms with Crippen LogP contribution in [0.3, 0.4) is 0 Å². The van der Waals surface area contributed by atoms with Gasteiger partial charge in [-0.25, -0.2) is 4.98 Å². The molecule has 0 unspecified atom stereocenters. The van der Waals surface area contributed by atoms with Gasteiger partial charge in [0.25, 0.3) is 0 Å². The van der Waals surface area contributed by atoms with Crippen LogP contribution in [0.15, 0.2) is 24.3 Å². The number of rotatable bonds is 2. The number of nitrogens with two attached hydrogens (primary N) is 1. The van der Waals surface area contributed by atoms with Crippen molar-refractivity contribution in [2.75, 3.05) is 11.1 Å². The van der Waals surface area contributed by atoms with E-state index in [4.69, 9.17) is 12.2 Å². The van der Waals surface area contributed by atoms with Crippen molar-refractivity contribution >= 4 is 11.8 Å². The van der Waals surface area contributed by atoms with Crippen LogP contribution in [0.2, 0.25) is 0 Å². The Hall–Kier alpha value is -2.54. The lowest BCUT2D eigenvalue weighted by atomic mass is 10.0. The van der Waals surface area contributed by atoms with Gasteiger partial charge in [0, 0.05) is 17.7 Å². The molecule has 4 heteroatoms. The van der Waals surface area contributed by atoms with E-state index in [1.165, 1.54) is 11.1 Å². The van der Waals surface area contributed by atoms with E-state index in [0.29, 0.717) is 5.82 Å². The summed E-state index contributed by atoms with van der Waals surface area (Å²) in [5, 5.41) is 2.69. The quantitative estimate of drug-likeness (QED) is 0.622. The molecular formula is C14H14N4. The molecule has 90 valence electrons. The summed E-state index contributed by atoms with van der Waals surface area (Å²) < 4.78 is 0. The van der Waals surface area contributed by atoms with Gasteiger partial charge in [-0.05, 0) is 25.0 Å². The summed E-state index contributed by atoms with van der Waals surface area (Å²) in [5.41, 5.74) is 9.85. The van der Waals surface area contributed by atoms with Crippen LogP contribution < -0.4 is 11.1 Å². The predicted octanol–water partition coefficient (Wildman–Crippen LogP) is 2.35. The van der Waals surface area contributed by atoms with Crippen LogP contribution in [0.4, 0.5) is 11.8 Å². The summed E-state index contributed by atoms with van der Waals surface area (Å²) >= 11 is 0. The van der Waals surface area contributed by atoms with E-state index >= 15 is 0 Å². The topological polar surface area (TPSA) is 63.8 Å². The van der Waals surface area contributed by atoms with E-state index in [1.807, 2.05) is 12.1 Å². The molecule has 0 aliphatic heterocycles. The lowest BCUT2D eigenvalue weighted by Crippen LogP contribution is -2.01. The lowest BCUT2D eigenvalue weighted by molar-refractivity contribution is 1.18. The van der Waals surface area contributed by atoms with Crippen LogP contribution in [0.1, 0.15) is 11.1 Å². The maximum Gasteiger partial charge on any atom is 0.222 e. The maximum atomic E-state index is 5.68. The van der Waals surface area contributed by atoms with Crippen LogP contribution in [0.25, 0.3) is 11.3 Å². The van der Waals surface area contributed by atoms with E-state index in [2.05, 4.69) is 41.2 Å². The number of benzene rings is 1. The third-order valence-corrected chi connectivity index (χ3v) is 2.82. The normalized spacial score (nSPS) is 9.83. The van der Waals surface area contributed by atoms with Gasteiger partial charge in [-0.3, -0.25) is 5.32 Å². The molecule has 2 aromatic rings. The third-order valence-electron chi connectivity index (χ3n) is 2.82. The van der Waals surface area contributed by atoms with Crippen molar-refractivity contribution in [1.29, 1.82) is 0 Å². The van der Waals surface area contributed by atoms with E-state index in [1.54, 1.807) is 6.07 Å². The fourth-order valence-corrected chi connectivity index (χ4v) is 1.77. The van der Waals surface area contributed by atoms with Crippen molar-refractivity contribution in [1.82, 2.24) is 9.97 Å². The molecule has 4 nitrogen and oxygen atoms in total. The molecule has 2 rings (SSSR count). The molecule has 1 aromatic heterocycles. The number of terminal acetylenes is 1. The van der Waals surface area contributed by atoms with Gasteiger partial charge in [-0.1, -0.05) is 24.6 Å². The largest absolute Gasteiger partial charge is 0.368 e. The van der Waals surface area contributed by atoms with E-state index in [-0.39, 0.29) is 5.95 Å². The molecule has 1 aromatic carbocycles. The van der Waals surface area contributed by atoms with E-state index in [9.17, 15) is 0 Å². The summed E-state index contributed by atoms with van der Waals surface area (Å²) in [7, 11) is 0. The second kappa shape index (κ2) is 4.76. The molecule has 0 fully saturated rings. The second-order valence-corrected chi connectivity index (χ2v) is 4.01. The number of nitrogens with zero attached hydrogens (tertiary/aromatic N) is 2. The minimum atomic E-state index is 0.200.